The monoisotopic (exact) mass is 340 g/mol. The minimum absolute atomic E-state index is 0.0666. The van der Waals surface area contributed by atoms with Crippen molar-refractivity contribution in [3.63, 3.8) is 0 Å². The molecule has 0 N–H and O–H groups in total. The quantitative estimate of drug-likeness (QED) is 0.550. The van der Waals surface area contributed by atoms with Crippen molar-refractivity contribution in [1.82, 2.24) is 0 Å². The third kappa shape index (κ3) is 3.13. The van der Waals surface area contributed by atoms with Gasteiger partial charge < -0.3 is 0 Å². The topological polar surface area (TPSA) is 34.1 Å². The molecule has 26 heavy (non-hydrogen) atoms. The summed E-state index contributed by atoms with van der Waals surface area (Å²) in [4.78, 5) is 27.1. The van der Waals surface area contributed by atoms with Gasteiger partial charge in [-0.05, 0) is 6.42 Å². The molecule has 1 rings (SSSR count). The normalized spacial score (nSPS) is 18.8. The summed E-state index contributed by atoms with van der Waals surface area (Å²) in [6.07, 6.45) is 33.2. The first-order valence-corrected chi connectivity index (χ1v) is 8.09. The second-order valence-corrected chi connectivity index (χ2v) is 6.76. The van der Waals surface area contributed by atoms with Gasteiger partial charge in [0.05, 0.1) is 10.8 Å². The van der Waals surface area contributed by atoms with E-state index in [4.69, 9.17) is 38.5 Å². The molecule has 2 nitrogen and oxygen atoms in total. The maximum absolute atomic E-state index is 13.5. The molecule has 0 aromatic heterocycles. The molecule has 0 aromatic rings. The maximum Gasteiger partial charge on any atom is 0.156 e. The van der Waals surface area contributed by atoms with E-state index < -0.39 is 16.2 Å². The first-order valence-electron chi connectivity index (χ1n) is 8.09. The van der Waals surface area contributed by atoms with E-state index in [-0.39, 0.29) is 56.5 Å². The summed E-state index contributed by atoms with van der Waals surface area (Å²) in [5, 5.41) is 0. The highest BCUT2D eigenvalue weighted by Gasteiger charge is 2.64. The Morgan fingerprint density at radius 2 is 0.846 bits per heavy atom. The van der Waals surface area contributed by atoms with Crippen LogP contribution in [0.15, 0.2) is 0 Å². The number of terminal acetylenes is 6. The fraction of sp³-hybridized carbons (Fsp3) is 0.417. The van der Waals surface area contributed by atoms with Crippen LogP contribution in [0.1, 0.15) is 44.9 Å². The lowest BCUT2D eigenvalue weighted by atomic mass is 9.47. The molecule has 0 aromatic carbocycles. The van der Waals surface area contributed by atoms with Gasteiger partial charge in [-0.3, -0.25) is 9.59 Å². The lowest BCUT2D eigenvalue weighted by molar-refractivity contribution is -0.163. The molecule has 1 aliphatic rings. The van der Waals surface area contributed by atoms with Gasteiger partial charge in [0, 0.05) is 38.5 Å². The average molecular weight is 340 g/mol. The highest BCUT2D eigenvalue weighted by molar-refractivity contribution is 6.14. The van der Waals surface area contributed by atoms with E-state index >= 15 is 0 Å². The number of carbonyl (C=O) groups excluding carboxylic acids is 2. The lowest BCUT2D eigenvalue weighted by Gasteiger charge is -2.51. The zero-order chi connectivity index (χ0) is 19.8. The van der Waals surface area contributed by atoms with Crippen LogP contribution in [-0.4, -0.2) is 11.6 Å². The minimum Gasteiger partial charge on any atom is -0.298 e. The third-order valence-corrected chi connectivity index (χ3v) is 5.08. The van der Waals surface area contributed by atoms with Crippen LogP contribution in [0.4, 0.5) is 0 Å². The number of Topliss-reactive ketones (excluding diaryl/α,β-unsaturated/α-hetero) is 2. The van der Waals surface area contributed by atoms with Crippen molar-refractivity contribution in [2.45, 2.75) is 44.9 Å². The van der Waals surface area contributed by atoms with E-state index in [2.05, 4.69) is 35.5 Å². The average Bonchev–Trinajstić information content (AvgIpc) is 2.60. The highest BCUT2D eigenvalue weighted by atomic mass is 16.2. The SMILES string of the molecule is C#CCC1(CC#C)CC(CC#C)(CC#C)C(=O)C(CC#C)(CC#C)C1=O. The standard InChI is InChI=1S/C24H20O2/c1-7-13-22(14-8-2)19-23(15-9-3,16-10-4)21(26)24(17-11-5,18-12-6)20(22)25/h1-6H,13-19H2. The molecule has 0 radical (unpaired) electrons. The predicted octanol–water partition coefficient (Wildman–Crippen LogP) is 2.63. The molecule has 0 heterocycles. The summed E-state index contributed by atoms with van der Waals surface area (Å²) in [7, 11) is 0. The van der Waals surface area contributed by atoms with Gasteiger partial charge in [0.25, 0.3) is 0 Å². The van der Waals surface area contributed by atoms with Crippen LogP contribution in [0.5, 0.6) is 0 Å². The highest BCUT2D eigenvalue weighted by Crippen LogP contribution is 2.57. The van der Waals surface area contributed by atoms with E-state index in [9.17, 15) is 9.59 Å². The van der Waals surface area contributed by atoms with E-state index in [1.54, 1.807) is 0 Å². The largest absolute Gasteiger partial charge is 0.298 e. The van der Waals surface area contributed by atoms with Crippen LogP contribution >= 0.6 is 0 Å². The van der Waals surface area contributed by atoms with Crippen molar-refractivity contribution in [3.8, 4) is 74.1 Å². The molecule has 1 fully saturated rings. The summed E-state index contributed by atoms with van der Waals surface area (Å²) in [6.45, 7) is 0. The Labute approximate surface area is 156 Å². The van der Waals surface area contributed by atoms with E-state index in [0.717, 1.165) is 0 Å². The molecule has 1 saturated carbocycles. The Kier molecular flexibility index (Phi) is 6.53. The Morgan fingerprint density at radius 3 is 1.08 bits per heavy atom. The molecule has 0 unspecified atom stereocenters. The third-order valence-electron chi connectivity index (χ3n) is 5.08. The minimum atomic E-state index is -1.57. The maximum atomic E-state index is 13.5. The van der Waals surface area contributed by atoms with E-state index in [1.807, 2.05) is 0 Å². The number of rotatable bonds is 6. The second kappa shape index (κ2) is 8.19. The Bertz CT molecular complexity index is 739. The smallest absolute Gasteiger partial charge is 0.156 e. The summed E-state index contributed by atoms with van der Waals surface area (Å²) in [5.41, 5.74) is -3.82. The lowest BCUT2D eigenvalue weighted by Crippen LogP contribution is -2.60. The van der Waals surface area contributed by atoms with Crippen molar-refractivity contribution in [3.05, 3.63) is 0 Å². The van der Waals surface area contributed by atoms with Crippen LogP contribution in [0.3, 0.4) is 0 Å². The van der Waals surface area contributed by atoms with Crippen LogP contribution in [0.25, 0.3) is 0 Å². The van der Waals surface area contributed by atoms with E-state index in [1.165, 1.54) is 0 Å². The molecule has 0 atom stereocenters. The molecule has 0 spiro atoms. The molecular formula is C24H20O2. The van der Waals surface area contributed by atoms with Crippen LogP contribution in [0, 0.1) is 90.3 Å². The van der Waals surface area contributed by atoms with Gasteiger partial charge in [-0.15, -0.1) is 74.1 Å². The molecule has 0 bridgehead atoms. The van der Waals surface area contributed by atoms with Crippen molar-refractivity contribution in [1.29, 1.82) is 0 Å². The van der Waals surface area contributed by atoms with E-state index in [0.29, 0.717) is 0 Å². The molecule has 0 aliphatic heterocycles. The van der Waals surface area contributed by atoms with Crippen molar-refractivity contribution >= 4 is 11.6 Å². The molecular weight excluding hydrogens is 320 g/mol. The van der Waals surface area contributed by atoms with Crippen molar-refractivity contribution in [2.75, 3.05) is 0 Å². The zero-order valence-corrected chi connectivity index (χ0v) is 14.7. The Hall–Kier alpha value is -3.30. The summed E-state index contributed by atoms with van der Waals surface area (Å²) in [6, 6.07) is 0. The number of carbonyl (C=O) groups is 2. The molecule has 0 saturated heterocycles. The summed E-state index contributed by atoms with van der Waals surface area (Å²) < 4.78 is 0. The van der Waals surface area contributed by atoms with Gasteiger partial charge in [-0.2, -0.15) is 0 Å². The fourth-order valence-corrected chi connectivity index (χ4v) is 4.14. The molecule has 128 valence electrons. The van der Waals surface area contributed by atoms with Gasteiger partial charge in [-0.1, -0.05) is 0 Å². The predicted molar refractivity (Wildman–Crippen MR) is 103 cm³/mol. The van der Waals surface area contributed by atoms with Gasteiger partial charge in [-0.25, -0.2) is 0 Å². The van der Waals surface area contributed by atoms with Gasteiger partial charge in [0.15, 0.2) is 11.6 Å². The fourth-order valence-electron chi connectivity index (χ4n) is 4.14. The van der Waals surface area contributed by atoms with Crippen LogP contribution < -0.4 is 0 Å². The summed E-state index contributed by atoms with van der Waals surface area (Å²) in [5.74, 6) is 14.2. The Balaban J connectivity index is 3.86. The summed E-state index contributed by atoms with van der Waals surface area (Å²) >= 11 is 0. The molecule has 1 aliphatic carbocycles. The second-order valence-electron chi connectivity index (χ2n) is 6.76. The number of hydrogen-bond acceptors (Lipinski definition) is 2. The van der Waals surface area contributed by atoms with Crippen LogP contribution in [0.2, 0.25) is 0 Å². The van der Waals surface area contributed by atoms with Crippen LogP contribution in [-0.2, 0) is 9.59 Å². The number of hydrogen-bond donors (Lipinski definition) is 0. The zero-order valence-electron chi connectivity index (χ0n) is 14.7. The van der Waals surface area contributed by atoms with Gasteiger partial charge in [0.2, 0.25) is 0 Å². The van der Waals surface area contributed by atoms with Gasteiger partial charge in [0.1, 0.15) is 5.41 Å². The first kappa shape index (κ1) is 20.7. The van der Waals surface area contributed by atoms with Crippen molar-refractivity contribution in [2.24, 2.45) is 16.2 Å². The van der Waals surface area contributed by atoms with Crippen molar-refractivity contribution < 1.29 is 9.59 Å². The molecule has 0 amide bonds. The Morgan fingerprint density at radius 1 is 0.577 bits per heavy atom. The molecule has 2 heteroatoms. The van der Waals surface area contributed by atoms with Gasteiger partial charge >= 0.3 is 0 Å². The number of ketones is 2. The first-order chi connectivity index (χ1) is 12.4.